The molecule has 0 bridgehead atoms. The molecule has 0 aromatic heterocycles. The Labute approximate surface area is 164 Å². The van der Waals surface area contributed by atoms with Crippen LogP contribution >= 0.6 is 0 Å². The Morgan fingerprint density at radius 2 is 1.32 bits per heavy atom. The maximum absolute atomic E-state index is 12.5. The molecule has 0 heterocycles. The zero-order valence-corrected chi connectivity index (χ0v) is 16.5. The van der Waals surface area contributed by atoms with E-state index in [1.807, 2.05) is 27.7 Å². The number of carbonyl (C=O) groups excluding carboxylic acids is 3. The maximum Gasteiger partial charge on any atom is 0.319 e. The van der Waals surface area contributed by atoms with Gasteiger partial charge in [0.2, 0.25) is 5.91 Å². The van der Waals surface area contributed by atoms with Crippen molar-refractivity contribution in [1.29, 1.82) is 0 Å². The lowest BCUT2D eigenvalue weighted by molar-refractivity contribution is -0.118. The van der Waals surface area contributed by atoms with E-state index < -0.39 is 0 Å². The molecule has 148 valence electrons. The van der Waals surface area contributed by atoms with Gasteiger partial charge >= 0.3 is 6.03 Å². The van der Waals surface area contributed by atoms with Crippen molar-refractivity contribution in [3.05, 3.63) is 54.1 Å². The molecule has 2 rings (SSSR count). The van der Waals surface area contributed by atoms with Gasteiger partial charge in [-0.05, 0) is 50.2 Å². The molecular formula is C21H26N4O3. The normalized spacial score (nSPS) is 10.5. The van der Waals surface area contributed by atoms with Crippen molar-refractivity contribution in [2.24, 2.45) is 5.92 Å². The third-order valence-corrected chi connectivity index (χ3v) is 3.78. The number of para-hydroxylation sites is 2. The minimum atomic E-state index is -0.345. The van der Waals surface area contributed by atoms with Crippen molar-refractivity contribution in [2.75, 3.05) is 16.0 Å². The van der Waals surface area contributed by atoms with Crippen LogP contribution in [0, 0.1) is 5.92 Å². The average molecular weight is 382 g/mol. The number of hydrogen-bond acceptors (Lipinski definition) is 3. The van der Waals surface area contributed by atoms with Gasteiger partial charge in [0.05, 0.1) is 11.4 Å². The standard InChI is InChI=1S/C21H26N4O3/c1-13(2)19(26)23-16-11-9-15(10-12-16)20(27)24-17-7-5-6-8-18(17)25-21(28)22-14(3)4/h5-14H,1-4H3,(H,23,26)(H,24,27)(H2,22,25,28). The van der Waals surface area contributed by atoms with E-state index in [9.17, 15) is 14.4 Å². The SMILES string of the molecule is CC(C)NC(=O)Nc1ccccc1NC(=O)c1ccc(NC(=O)C(C)C)cc1. The van der Waals surface area contributed by atoms with E-state index in [0.29, 0.717) is 22.6 Å². The molecule has 4 amide bonds. The summed E-state index contributed by atoms with van der Waals surface area (Å²) in [5.74, 6) is -0.531. The van der Waals surface area contributed by atoms with Crippen LogP contribution in [0.4, 0.5) is 21.9 Å². The highest BCUT2D eigenvalue weighted by atomic mass is 16.2. The molecule has 0 aliphatic rings. The number of rotatable bonds is 6. The fourth-order valence-corrected chi connectivity index (χ4v) is 2.31. The third-order valence-electron chi connectivity index (χ3n) is 3.78. The van der Waals surface area contributed by atoms with Crippen molar-refractivity contribution >= 4 is 34.9 Å². The Balaban J connectivity index is 2.06. The van der Waals surface area contributed by atoms with Crippen molar-refractivity contribution in [1.82, 2.24) is 5.32 Å². The Kier molecular flexibility index (Phi) is 7.14. The largest absolute Gasteiger partial charge is 0.336 e. The molecule has 0 spiro atoms. The molecular weight excluding hydrogens is 356 g/mol. The summed E-state index contributed by atoms with van der Waals surface area (Å²) >= 11 is 0. The molecule has 4 N–H and O–H groups in total. The van der Waals surface area contributed by atoms with Crippen molar-refractivity contribution in [3.8, 4) is 0 Å². The lowest BCUT2D eigenvalue weighted by atomic mass is 10.1. The molecule has 0 aliphatic carbocycles. The van der Waals surface area contributed by atoms with E-state index in [0.717, 1.165) is 0 Å². The van der Waals surface area contributed by atoms with E-state index in [2.05, 4.69) is 21.3 Å². The summed E-state index contributed by atoms with van der Waals surface area (Å²) in [6.45, 7) is 7.34. The van der Waals surface area contributed by atoms with E-state index in [1.54, 1.807) is 48.5 Å². The van der Waals surface area contributed by atoms with Gasteiger partial charge in [0.15, 0.2) is 0 Å². The Hall–Kier alpha value is -3.35. The van der Waals surface area contributed by atoms with Gasteiger partial charge in [0, 0.05) is 23.2 Å². The van der Waals surface area contributed by atoms with Crippen LogP contribution < -0.4 is 21.3 Å². The Bertz CT molecular complexity index is 845. The second-order valence-electron chi connectivity index (χ2n) is 6.97. The van der Waals surface area contributed by atoms with Gasteiger partial charge in [-0.1, -0.05) is 26.0 Å². The van der Waals surface area contributed by atoms with E-state index >= 15 is 0 Å². The highest BCUT2D eigenvalue weighted by Gasteiger charge is 2.12. The van der Waals surface area contributed by atoms with Gasteiger partial charge in [0.1, 0.15) is 0 Å². The average Bonchev–Trinajstić information content (AvgIpc) is 2.63. The first-order chi connectivity index (χ1) is 13.3. The van der Waals surface area contributed by atoms with Gasteiger partial charge in [-0.2, -0.15) is 0 Å². The second-order valence-corrected chi connectivity index (χ2v) is 6.97. The Morgan fingerprint density at radius 1 is 0.750 bits per heavy atom. The van der Waals surface area contributed by atoms with E-state index in [4.69, 9.17) is 0 Å². The zero-order chi connectivity index (χ0) is 20.7. The number of anilines is 3. The molecule has 0 atom stereocenters. The van der Waals surface area contributed by atoms with Crippen LogP contribution in [0.25, 0.3) is 0 Å². The highest BCUT2D eigenvalue weighted by molar-refractivity contribution is 6.07. The molecule has 0 saturated heterocycles. The number of benzene rings is 2. The highest BCUT2D eigenvalue weighted by Crippen LogP contribution is 2.22. The van der Waals surface area contributed by atoms with Crippen LogP contribution in [-0.2, 0) is 4.79 Å². The minimum absolute atomic E-state index is 0.00328. The molecule has 0 aliphatic heterocycles. The van der Waals surface area contributed by atoms with Crippen LogP contribution in [0.3, 0.4) is 0 Å². The fraction of sp³-hybridized carbons (Fsp3) is 0.286. The summed E-state index contributed by atoms with van der Waals surface area (Å²) < 4.78 is 0. The molecule has 7 nitrogen and oxygen atoms in total. The predicted octanol–water partition coefficient (Wildman–Crippen LogP) is 4.06. The third kappa shape index (κ3) is 6.12. The van der Waals surface area contributed by atoms with Crippen molar-refractivity contribution in [3.63, 3.8) is 0 Å². The molecule has 2 aromatic carbocycles. The maximum atomic E-state index is 12.5. The molecule has 0 radical (unpaired) electrons. The van der Waals surface area contributed by atoms with Gasteiger partial charge in [-0.15, -0.1) is 0 Å². The van der Waals surface area contributed by atoms with Crippen LogP contribution in [0.2, 0.25) is 0 Å². The smallest absolute Gasteiger partial charge is 0.319 e. The van der Waals surface area contributed by atoms with Gasteiger partial charge in [0.25, 0.3) is 5.91 Å². The molecule has 28 heavy (non-hydrogen) atoms. The quantitative estimate of drug-likeness (QED) is 0.606. The summed E-state index contributed by atoms with van der Waals surface area (Å²) in [7, 11) is 0. The van der Waals surface area contributed by atoms with Gasteiger partial charge in [-0.3, -0.25) is 9.59 Å². The summed E-state index contributed by atoms with van der Waals surface area (Å²) in [6, 6.07) is 13.2. The topological polar surface area (TPSA) is 99.3 Å². The monoisotopic (exact) mass is 382 g/mol. The number of nitrogens with one attached hydrogen (secondary N) is 4. The summed E-state index contributed by atoms with van der Waals surface area (Å²) in [4.78, 5) is 36.2. The van der Waals surface area contributed by atoms with Crippen LogP contribution in [-0.4, -0.2) is 23.9 Å². The summed E-state index contributed by atoms with van der Waals surface area (Å²) in [5.41, 5.74) is 2.05. The number of urea groups is 1. The number of hydrogen-bond donors (Lipinski definition) is 4. The summed E-state index contributed by atoms with van der Waals surface area (Å²) in [6.07, 6.45) is 0. The van der Waals surface area contributed by atoms with Gasteiger partial charge < -0.3 is 21.3 Å². The van der Waals surface area contributed by atoms with Crippen molar-refractivity contribution in [2.45, 2.75) is 33.7 Å². The fourth-order valence-electron chi connectivity index (χ4n) is 2.31. The van der Waals surface area contributed by atoms with Crippen LogP contribution in [0.15, 0.2) is 48.5 Å². The second kappa shape index (κ2) is 9.55. The predicted molar refractivity (Wildman–Crippen MR) is 112 cm³/mol. The minimum Gasteiger partial charge on any atom is -0.336 e. The first kappa shape index (κ1) is 21.0. The first-order valence-corrected chi connectivity index (χ1v) is 9.15. The van der Waals surface area contributed by atoms with Crippen LogP contribution in [0.1, 0.15) is 38.1 Å². The Morgan fingerprint density at radius 3 is 1.86 bits per heavy atom. The molecule has 0 unspecified atom stereocenters. The lowest BCUT2D eigenvalue weighted by Crippen LogP contribution is -2.34. The lowest BCUT2D eigenvalue weighted by Gasteiger charge is -2.14. The molecule has 0 saturated carbocycles. The van der Waals surface area contributed by atoms with Crippen LogP contribution in [0.5, 0.6) is 0 Å². The van der Waals surface area contributed by atoms with Crippen molar-refractivity contribution < 1.29 is 14.4 Å². The first-order valence-electron chi connectivity index (χ1n) is 9.15. The van der Waals surface area contributed by atoms with E-state index in [1.165, 1.54) is 0 Å². The molecule has 0 fully saturated rings. The molecule has 7 heteroatoms. The summed E-state index contributed by atoms with van der Waals surface area (Å²) in [5, 5.41) is 11.0. The van der Waals surface area contributed by atoms with E-state index in [-0.39, 0.29) is 29.8 Å². The molecule has 2 aromatic rings. The number of carbonyl (C=O) groups is 3. The zero-order valence-electron chi connectivity index (χ0n) is 16.5. The number of amides is 4. The van der Waals surface area contributed by atoms with Gasteiger partial charge in [-0.25, -0.2) is 4.79 Å².